The second-order valence-corrected chi connectivity index (χ2v) is 2.87. The summed E-state index contributed by atoms with van der Waals surface area (Å²) in [5.74, 6) is 0.0538. The number of aromatic nitrogens is 1. The monoisotopic (exact) mass is 179 g/mol. The van der Waals surface area contributed by atoms with Crippen molar-refractivity contribution in [1.29, 1.82) is 0 Å². The van der Waals surface area contributed by atoms with Crippen molar-refractivity contribution in [3.05, 3.63) is 30.1 Å². The molecule has 1 rings (SSSR count). The second-order valence-electron chi connectivity index (χ2n) is 2.87. The SMILES string of the molecule is CCC(=O)CC(O)c1ccccn1. The van der Waals surface area contributed by atoms with Crippen LogP contribution >= 0.6 is 0 Å². The Balaban J connectivity index is 2.59. The fourth-order valence-corrected chi connectivity index (χ4v) is 1.04. The van der Waals surface area contributed by atoms with Crippen LogP contribution in [0, 0.1) is 0 Å². The van der Waals surface area contributed by atoms with E-state index < -0.39 is 6.10 Å². The maximum atomic E-state index is 11.0. The van der Waals surface area contributed by atoms with Crippen molar-refractivity contribution in [1.82, 2.24) is 4.98 Å². The minimum atomic E-state index is -0.756. The van der Waals surface area contributed by atoms with Crippen molar-refractivity contribution in [2.24, 2.45) is 0 Å². The van der Waals surface area contributed by atoms with Gasteiger partial charge in [0.2, 0.25) is 0 Å². The summed E-state index contributed by atoms with van der Waals surface area (Å²) >= 11 is 0. The number of rotatable bonds is 4. The molecule has 1 aromatic heterocycles. The Labute approximate surface area is 77.4 Å². The molecular formula is C10H13NO2. The van der Waals surface area contributed by atoms with Crippen LogP contribution in [0.2, 0.25) is 0 Å². The first-order chi connectivity index (χ1) is 6.24. The molecule has 0 aliphatic rings. The molecule has 1 unspecified atom stereocenters. The van der Waals surface area contributed by atoms with Crippen molar-refractivity contribution in [2.75, 3.05) is 0 Å². The van der Waals surface area contributed by atoms with Gasteiger partial charge >= 0.3 is 0 Å². The van der Waals surface area contributed by atoms with Crippen molar-refractivity contribution < 1.29 is 9.90 Å². The fraction of sp³-hybridized carbons (Fsp3) is 0.400. The number of nitrogens with zero attached hydrogens (tertiary/aromatic N) is 1. The lowest BCUT2D eigenvalue weighted by molar-refractivity contribution is -0.120. The maximum absolute atomic E-state index is 11.0. The Morgan fingerprint density at radius 1 is 1.62 bits per heavy atom. The third kappa shape index (κ3) is 2.95. The van der Waals surface area contributed by atoms with Crippen LogP contribution in [0.15, 0.2) is 24.4 Å². The van der Waals surface area contributed by atoms with Gasteiger partial charge in [-0.3, -0.25) is 9.78 Å². The number of Topliss-reactive ketones (excluding diaryl/α,β-unsaturated/α-hetero) is 1. The summed E-state index contributed by atoms with van der Waals surface area (Å²) in [5.41, 5.74) is 0.560. The van der Waals surface area contributed by atoms with Gasteiger partial charge in [-0.05, 0) is 12.1 Å². The number of pyridine rings is 1. The first-order valence-corrected chi connectivity index (χ1v) is 4.34. The molecule has 1 heterocycles. The van der Waals surface area contributed by atoms with Crippen LogP contribution in [0.1, 0.15) is 31.6 Å². The number of aliphatic hydroxyl groups excluding tert-OH is 1. The van der Waals surface area contributed by atoms with Crippen molar-refractivity contribution >= 4 is 5.78 Å². The van der Waals surface area contributed by atoms with Gasteiger partial charge in [0.05, 0.1) is 5.69 Å². The molecule has 1 atom stereocenters. The third-order valence-electron chi connectivity index (χ3n) is 1.84. The molecule has 0 radical (unpaired) electrons. The Morgan fingerprint density at radius 2 is 2.38 bits per heavy atom. The first-order valence-electron chi connectivity index (χ1n) is 4.34. The predicted molar refractivity (Wildman–Crippen MR) is 49.1 cm³/mol. The van der Waals surface area contributed by atoms with Gasteiger partial charge in [0, 0.05) is 19.0 Å². The minimum Gasteiger partial charge on any atom is -0.386 e. The summed E-state index contributed by atoms with van der Waals surface area (Å²) in [5, 5.41) is 9.54. The first kappa shape index (κ1) is 9.86. The molecule has 0 saturated heterocycles. The zero-order valence-corrected chi connectivity index (χ0v) is 7.60. The number of hydrogen-bond acceptors (Lipinski definition) is 3. The van der Waals surface area contributed by atoms with Crippen LogP contribution in [0.3, 0.4) is 0 Å². The fourth-order valence-electron chi connectivity index (χ4n) is 1.04. The predicted octanol–water partition coefficient (Wildman–Crippen LogP) is 1.48. The van der Waals surface area contributed by atoms with Gasteiger partial charge in [-0.25, -0.2) is 0 Å². The van der Waals surface area contributed by atoms with Crippen LogP contribution in [-0.2, 0) is 4.79 Å². The molecule has 0 spiro atoms. The smallest absolute Gasteiger partial charge is 0.135 e. The topological polar surface area (TPSA) is 50.2 Å². The number of ketones is 1. The highest BCUT2D eigenvalue weighted by Gasteiger charge is 2.11. The summed E-state index contributed by atoms with van der Waals surface area (Å²) in [6, 6.07) is 5.29. The average molecular weight is 179 g/mol. The number of aliphatic hydroxyl groups is 1. The van der Waals surface area contributed by atoms with E-state index in [1.165, 1.54) is 0 Å². The van der Waals surface area contributed by atoms with Crippen LogP contribution in [0.4, 0.5) is 0 Å². The number of hydrogen-bond donors (Lipinski definition) is 1. The molecule has 3 nitrogen and oxygen atoms in total. The van der Waals surface area contributed by atoms with Gasteiger partial charge in [0.25, 0.3) is 0 Å². The van der Waals surface area contributed by atoms with E-state index in [0.717, 1.165) is 0 Å². The Kier molecular flexibility index (Phi) is 3.58. The van der Waals surface area contributed by atoms with Crippen LogP contribution in [0.5, 0.6) is 0 Å². The molecule has 70 valence electrons. The van der Waals surface area contributed by atoms with E-state index in [-0.39, 0.29) is 12.2 Å². The van der Waals surface area contributed by atoms with Gasteiger partial charge in [0.15, 0.2) is 0 Å². The Bertz CT molecular complexity index is 272. The van der Waals surface area contributed by atoms with Crippen LogP contribution in [0.25, 0.3) is 0 Å². The summed E-state index contributed by atoms with van der Waals surface area (Å²) in [4.78, 5) is 15.0. The molecular weight excluding hydrogens is 166 g/mol. The molecule has 0 aliphatic heterocycles. The molecule has 1 aromatic rings. The van der Waals surface area contributed by atoms with Gasteiger partial charge in [-0.1, -0.05) is 13.0 Å². The average Bonchev–Trinajstić information content (AvgIpc) is 2.19. The quantitative estimate of drug-likeness (QED) is 0.761. The number of carbonyl (C=O) groups is 1. The van der Waals surface area contributed by atoms with E-state index in [4.69, 9.17) is 0 Å². The summed E-state index contributed by atoms with van der Waals surface area (Å²) < 4.78 is 0. The van der Waals surface area contributed by atoms with Gasteiger partial charge in [0.1, 0.15) is 11.9 Å². The molecule has 0 amide bonds. The lowest BCUT2D eigenvalue weighted by Gasteiger charge is -2.07. The summed E-state index contributed by atoms with van der Waals surface area (Å²) in [6.07, 6.45) is 1.47. The van der Waals surface area contributed by atoms with Crippen molar-refractivity contribution in [2.45, 2.75) is 25.9 Å². The van der Waals surface area contributed by atoms with Crippen LogP contribution in [-0.4, -0.2) is 15.9 Å². The third-order valence-corrected chi connectivity index (χ3v) is 1.84. The minimum absolute atomic E-state index is 0.0538. The van der Waals surface area contributed by atoms with Crippen molar-refractivity contribution in [3.63, 3.8) is 0 Å². The van der Waals surface area contributed by atoms with E-state index in [2.05, 4.69) is 4.98 Å². The Morgan fingerprint density at radius 3 is 2.92 bits per heavy atom. The van der Waals surface area contributed by atoms with Crippen molar-refractivity contribution in [3.8, 4) is 0 Å². The second kappa shape index (κ2) is 4.72. The highest BCUT2D eigenvalue weighted by atomic mass is 16.3. The lowest BCUT2D eigenvalue weighted by Crippen LogP contribution is -2.06. The van der Waals surface area contributed by atoms with Gasteiger partial charge < -0.3 is 5.11 Å². The highest BCUT2D eigenvalue weighted by molar-refractivity contribution is 5.78. The van der Waals surface area contributed by atoms with E-state index in [0.29, 0.717) is 12.1 Å². The highest BCUT2D eigenvalue weighted by Crippen LogP contribution is 2.13. The van der Waals surface area contributed by atoms with Crippen LogP contribution < -0.4 is 0 Å². The summed E-state index contributed by atoms with van der Waals surface area (Å²) in [6.45, 7) is 1.79. The lowest BCUT2D eigenvalue weighted by atomic mass is 10.1. The Hall–Kier alpha value is -1.22. The molecule has 13 heavy (non-hydrogen) atoms. The van der Waals surface area contributed by atoms with E-state index in [9.17, 15) is 9.90 Å². The largest absolute Gasteiger partial charge is 0.386 e. The summed E-state index contributed by atoms with van der Waals surface area (Å²) in [7, 11) is 0. The van der Waals surface area contributed by atoms with E-state index in [1.807, 2.05) is 0 Å². The van der Waals surface area contributed by atoms with E-state index >= 15 is 0 Å². The zero-order valence-electron chi connectivity index (χ0n) is 7.60. The zero-order chi connectivity index (χ0) is 9.68. The standard InChI is InChI=1S/C10H13NO2/c1-2-8(12)7-10(13)9-5-3-4-6-11-9/h3-6,10,13H,2,7H2,1H3. The molecule has 3 heteroatoms. The molecule has 0 aliphatic carbocycles. The maximum Gasteiger partial charge on any atom is 0.135 e. The molecule has 0 fully saturated rings. The van der Waals surface area contributed by atoms with Gasteiger partial charge in [-0.2, -0.15) is 0 Å². The van der Waals surface area contributed by atoms with E-state index in [1.54, 1.807) is 31.3 Å². The number of carbonyl (C=O) groups excluding carboxylic acids is 1. The molecule has 0 aromatic carbocycles. The molecule has 0 saturated carbocycles. The van der Waals surface area contributed by atoms with Gasteiger partial charge in [-0.15, -0.1) is 0 Å². The molecule has 0 bridgehead atoms. The molecule has 1 N–H and O–H groups in total. The normalized spacial score (nSPS) is 12.5.